The van der Waals surface area contributed by atoms with E-state index in [2.05, 4.69) is 11.8 Å². The SMILES string of the molecule is OCC#Cc1csc(COCC2CCCO2)c1. The molecule has 0 spiro atoms. The van der Waals surface area contributed by atoms with Crippen molar-refractivity contribution in [3.05, 3.63) is 21.9 Å². The molecule has 0 radical (unpaired) electrons. The van der Waals surface area contributed by atoms with Gasteiger partial charge in [0.25, 0.3) is 0 Å². The first kappa shape index (κ1) is 12.6. The molecule has 0 amide bonds. The smallest absolute Gasteiger partial charge is 0.104 e. The van der Waals surface area contributed by atoms with Gasteiger partial charge in [0, 0.05) is 22.4 Å². The molecule has 17 heavy (non-hydrogen) atoms. The van der Waals surface area contributed by atoms with Crippen molar-refractivity contribution in [2.75, 3.05) is 19.8 Å². The third kappa shape index (κ3) is 4.14. The molecule has 1 saturated heterocycles. The van der Waals surface area contributed by atoms with Crippen LogP contribution < -0.4 is 0 Å². The highest BCUT2D eigenvalue weighted by atomic mass is 32.1. The molecule has 3 nitrogen and oxygen atoms in total. The van der Waals surface area contributed by atoms with Crippen LogP contribution in [0.3, 0.4) is 0 Å². The van der Waals surface area contributed by atoms with Gasteiger partial charge >= 0.3 is 0 Å². The van der Waals surface area contributed by atoms with Crippen molar-refractivity contribution >= 4 is 11.3 Å². The maximum atomic E-state index is 8.59. The standard InChI is InChI=1S/C13H16O3S/c14-5-1-3-11-7-13(17-10-11)9-15-8-12-4-2-6-16-12/h7,10,12,14H,2,4-6,8-9H2. The third-order valence-electron chi connectivity index (χ3n) is 2.54. The first-order valence-corrected chi connectivity index (χ1v) is 6.63. The topological polar surface area (TPSA) is 38.7 Å². The Hall–Kier alpha value is -0.860. The molecular weight excluding hydrogens is 236 g/mol. The van der Waals surface area contributed by atoms with Crippen LogP contribution in [0.25, 0.3) is 0 Å². The number of ether oxygens (including phenoxy) is 2. The number of aliphatic hydroxyl groups excluding tert-OH is 1. The van der Waals surface area contributed by atoms with E-state index in [9.17, 15) is 0 Å². The zero-order valence-electron chi connectivity index (χ0n) is 9.65. The number of hydrogen-bond acceptors (Lipinski definition) is 4. The monoisotopic (exact) mass is 252 g/mol. The molecule has 1 aromatic rings. The summed E-state index contributed by atoms with van der Waals surface area (Å²) >= 11 is 1.63. The van der Waals surface area contributed by atoms with Crippen LogP contribution in [-0.4, -0.2) is 31.0 Å². The van der Waals surface area contributed by atoms with E-state index in [1.165, 1.54) is 0 Å². The number of rotatable bonds is 4. The fourth-order valence-electron chi connectivity index (χ4n) is 1.73. The fraction of sp³-hybridized carbons (Fsp3) is 0.538. The van der Waals surface area contributed by atoms with Crippen LogP contribution in [0.2, 0.25) is 0 Å². The van der Waals surface area contributed by atoms with Gasteiger partial charge in [-0.2, -0.15) is 0 Å². The molecule has 0 bridgehead atoms. The van der Waals surface area contributed by atoms with Crippen molar-refractivity contribution in [3.8, 4) is 11.8 Å². The van der Waals surface area contributed by atoms with Gasteiger partial charge in [0.1, 0.15) is 6.61 Å². The number of thiophene rings is 1. The second-order valence-electron chi connectivity index (χ2n) is 3.91. The minimum absolute atomic E-state index is 0.0965. The summed E-state index contributed by atoms with van der Waals surface area (Å²) in [6.45, 7) is 2.06. The lowest BCUT2D eigenvalue weighted by Gasteiger charge is -2.08. The quantitative estimate of drug-likeness (QED) is 0.830. The molecule has 0 aromatic carbocycles. The van der Waals surface area contributed by atoms with Crippen molar-refractivity contribution < 1.29 is 14.6 Å². The molecule has 1 N–H and O–H groups in total. The second-order valence-corrected chi connectivity index (χ2v) is 4.91. The summed E-state index contributed by atoms with van der Waals surface area (Å²) < 4.78 is 11.1. The van der Waals surface area contributed by atoms with Gasteiger partial charge in [0.05, 0.1) is 19.3 Å². The lowest BCUT2D eigenvalue weighted by atomic mass is 10.2. The van der Waals surface area contributed by atoms with Gasteiger partial charge in [-0.05, 0) is 18.9 Å². The van der Waals surface area contributed by atoms with Gasteiger partial charge in [-0.25, -0.2) is 0 Å². The molecule has 2 rings (SSSR count). The second kappa shape index (κ2) is 6.77. The lowest BCUT2D eigenvalue weighted by molar-refractivity contribution is 0.0114. The Morgan fingerprint density at radius 2 is 2.53 bits per heavy atom. The molecule has 1 unspecified atom stereocenters. The Morgan fingerprint density at radius 3 is 3.29 bits per heavy atom. The van der Waals surface area contributed by atoms with E-state index in [1.807, 2.05) is 11.4 Å². The van der Waals surface area contributed by atoms with Gasteiger partial charge < -0.3 is 14.6 Å². The number of aliphatic hydroxyl groups is 1. The summed E-state index contributed by atoms with van der Waals surface area (Å²) in [6, 6.07) is 2.00. The largest absolute Gasteiger partial charge is 0.384 e. The zero-order chi connectivity index (χ0) is 11.9. The van der Waals surface area contributed by atoms with Crippen molar-refractivity contribution in [2.45, 2.75) is 25.6 Å². The van der Waals surface area contributed by atoms with Crippen LogP contribution in [0, 0.1) is 11.8 Å². The lowest BCUT2D eigenvalue weighted by Crippen LogP contribution is -2.13. The van der Waals surface area contributed by atoms with Crippen LogP contribution in [0.5, 0.6) is 0 Å². The van der Waals surface area contributed by atoms with Gasteiger partial charge in [0.15, 0.2) is 0 Å². The van der Waals surface area contributed by atoms with Crippen molar-refractivity contribution in [3.63, 3.8) is 0 Å². The molecule has 1 aliphatic rings. The Morgan fingerprint density at radius 1 is 1.59 bits per heavy atom. The molecule has 1 aliphatic heterocycles. The predicted octanol–water partition coefficient (Wildman–Crippen LogP) is 1.79. The van der Waals surface area contributed by atoms with Crippen LogP contribution in [0.1, 0.15) is 23.3 Å². The molecular formula is C13H16O3S. The zero-order valence-corrected chi connectivity index (χ0v) is 10.5. The summed E-state index contributed by atoms with van der Waals surface area (Å²) in [7, 11) is 0. The van der Waals surface area contributed by atoms with Gasteiger partial charge in [-0.1, -0.05) is 11.8 Å². The van der Waals surface area contributed by atoms with Crippen LogP contribution in [-0.2, 0) is 16.1 Å². The molecule has 92 valence electrons. The van der Waals surface area contributed by atoms with E-state index in [1.54, 1.807) is 11.3 Å². The highest BCUT2D eigenvalue weighted by Crippen LogP contribution is 2.17. The van der Waals surface area contributed by atoms with E-state index in [-0.39, 0.29) is 12.7 Å². The summed E-state index contributed by atoms with van der Waals surface area (Å²) in [4.78, 5) is 1.16. The minimum atomic E-state index is -0.0965. The van der Waals surface area contributed by atoms with E-state index in [4.69, 9.17) is 14.6 Å². The van der Waals surface area contributed by atoms with Crippen LogP contribution in [0.4, 0.5) is 0 Å². The summed E-state index contributed by atoms with van der Waals surface area (Å²) in [6.07, 6.45) is 2.54. The average molecular weight is 252 g/mol. The molecule has 0 aliphatic carbocycles. The highest BCUT2D eigenvalue weighted by Gasteiger charge is 2.15. The van der Waals surface area contributed by atoms with E-state index in [0.29, 0.717) is 13.2 Å². The number of hydrogen-bond donors (Lipinski definition) is 1. The summed E-state index contributed by atoms with van der Waals surface area (Å²) in [5.74, 6) is 5.51. The first-order valence-electron chi connectivity index (χ1n) is 5.75. The molecule has 1 atom stereocenters. The average Bonchev–Trinajstić information content (AvgIpc) is 2.98. The Labute approximate surface area is 105 Å². The molecule has 1 fully saturated rings. The van der Waals surface area contributed by atoms with Crippen molar-refractivity contribution in [2.24, 2.45) is 0 Å². The summed E-state index contributed by atoms with van der Waals surface area (Å²) in [5.41, 5.74) is 0.944. The van der Waals surface area contributed by atoms with E-state index in [0.717, 1.165) is 29.9 Å². The predicted molar refractivity (Wildman–Crippen MR) is 66.9 cm³/mol. The third-order valence-corrected chi connectivity index (χ3v) is 3.45. The molecule has 0 saturated carbocycles. The summed E-state index contributed by atoms with van der Waals surface area (Å²) in [5, 5.41) is 10.6. The van der Waals surface area contributed by atoms with Crippen LogP contribution in [0.15, 0.2) is 11.4 Å². The highest BCUT2D eigenvalue weighted by molar-refractivity contribution is 7.10. The molecule has 4 heteroatoms. The van der Waals surface area contributed by atoms with Gasteiger partial charge in [-0.3, -0.25) is 0 Å². The Balaban J connectivity index is 1.73. The van der Waals surface area contributed by atoms with Gasteiger partial charge in [-0.15, -0.1) is 11.3 Å². The molecule has 2 heterocycles. The van der Waals surface area contributed by atoms with Crippen molar-refractivity contribution in [1.82, 2.24) is 0 Å². The first-order chi connectivity index (χ1) is 8.38. The Bertz CT molecular complexity index is 396. The van der Waals surface area contributed by atoms with E-state index >= 15 is 0 Å². The maximum absolute atomic E-state index is 8.59. The fourth-order valence-corrected chi connectivity index (χ4v) is 2.48. The normalized spacial score (nSPS) is 19.0. The molecule has 1 aromatic heterocycles. The maximum Gasteiger partial charge on any atom is 0.104 e. The minimum Gasteiger partial charge on any atom is -0.384 e. The van der Waals surface area contributed by atoms with Crippen LogP contribution >= 0.6 is 11.3 Å². The Kier molecular flexibility index (Phi) is 5.02. The van der Waals surface area contributed by atoms with Gasteiger partial charge in [0.2, 0.25) is 0 Å². The van der Waals surface area contributed by atoms with Crippen molar-refractivity contribution in [1.29, 1.82) is 0 Å². The van der Waals surface area contributed by atoms with E-state index < -0.39 is 0 Å².